The first-order valence-corrected chi connectivity index (χ1v) is 9.31. The van der Waals surface area contributed by atoms with E-state index in [1.54, 1.807) is 36.6 Å². The fraction of sp³-hybridized carbons (Fsp3) is 0.188. The number of halogens is 2. The average Bonchev–Trinajstić information content (AvgIpc) is 3.24. The van der Waals surface area contributed by atoms with E-state index in [9.17, 15) is 4.79 Å². The van der Waals surface area contributed by atoms with Crippen LogP contribution >= 0.6 is 35.0 Å². The standard InChI is InChI=1S/C16H15Cl2N5O2S/c1-9(13-3-2-6-25-13)20-14(24)8-26-16-22-21-15(23(16)19)11-5-4-10(17)7-12(11)18/h2-7,9H,8,19H2,1H3,(H,20,24)/t9-/m0/s1. The average molecular weight is 412 g/mol. The molecule has 3 aromatic rings. The van der Waals surface area contributed by atoms with E-state index in [1.807, 2.05) is 6.92 Å². The molecule has 0 unspecified atom stereocenters. The van der Waals surface area contributed by atoms with Crippen molar-refractivity contribution >= 4 is 40.9 Å². The molecule has 0 saturated carbocycles. The van der Waals surface area contributed by atoms with Crippen LogP contribution in [0.4, 0.5) is 0 Å². The summed E-state index contributed by atoms with van der Waals surface area (Å²) < 4.78 is 6.55. The Kier molecular flexibility index (Phi) is 5.75. The molecular formula is C16H15Cl2N5O2S. The minimum atomic E-state index is -0.225. The second kappa shape index (κ2) is 8.03. The molecule has 7 nitrogen and oxygen atoms in total. The molecule has 1 aromatic carbocycles. The van der Waals surface area contributed by atoms with Gasteiger partial charge in [0.2, 0.25) is 11.1 Å². The molecule has 136 valence electrons. The van der Waals surface area contributed by atoms with Crippen LogP contribution in [0.15, 0.2) is 46.2 Å². The van der Waals surface area contributed by atoms with Crippen LogP contribution in [0.1, 0.15) is 18.7 Å². The van der Waals surface area contributed by atoms with Crippen LogP contribution in [0.2, 0.25) is 10.0 Å². The zero-order valence-electron chi connectivity index (χ0n) is 13.6. The molecule has 0 radical (unpaired) electrons. The van der Waals surface area contributed by atoms with Crippen molar-refractivity contribution in [2.75, 3.05) is 11.6 Å². The van der Waals surface area contributed by atoms with Crippen LogP contribution in [-0.2, 0) is 4.79 Å². The van der Waals surface area contributed by atoms with E-state index in [-0.39, 0.29) is 17.7 Å². The van der Waals surface area contributed by atoms with Gasteiger partial charge in [-0.3, -0.25) is 4.79 Å². The highest BCUT2D eigenvalue weighted by Crippen LogP contribution is 2.30. The minimum absolute atomic E-state index is 0.134. The first-order chi connectivity index (χ1) is 12.5. The molecule has 0 aliphatic heterocycles. The van der Waals surface area contributed by atoms with E-state index in [0.29, 0.717) is 32.3 Å². The van der Waals surface area contributed by atoms with Crippen LogP contribution in [0.3, 0.4) is 0 Å². The summed E-state index contributed by atoms with van der Waals surface area (Å²) in [6, 6.07) is 8.35. The lowest BCUT2D eigenvalue weighted by molar-refractivity contribution is -0.119. The van der Waals surface area contributed by atoms with Gasteiger partial charge in [0.05, 0.1) is 23.1 Å². The van der Waals surface area contributed by atoms with Crippen LogP contribution in [0.25, 0.3) is 11.4 Å². The number of amides is 1. The number of rotatable bonds is 6. The molecule has 2 aromatic heterocycles. The quantitative estimate of drug-likeness (QED) is 0.475. The van der Waals surface area contributed by atoms with E-state index in [2.05, 4.69) is 15.5 Å². The molecule has 1 atom stereocenters. The first kappa shape index (κ1) is 18.6. The number of furan rings is 1. The van der Waals surface area contributed by atoms with Crippen molar-refractivity contribution in [2.45, 2.75) is 18.1 Å². The van der Waals surface area contributed by atoms with Gasteiger partial charge in [-0.2, -0.15) is 0 Å². The number of carbonyl (C=O) groups is 1. The Morgan fingerprint density at radius 2 is 2.19 bits per heavy atom. The second-order valence-corrected chi connectivity index (χ2v) is 7.18. The summed E-state index contributed by atoms with van der Waals surface area (Å²) in [5.74, 6) is 7.07. The number of hydrogen-bond acceptors (Lipinski definition) is 6. The van der Waals surface area contributed by atoms with Gasteiger partial charge in [-0.1, -0.05) is 35.0 Å². The van der Waals surface area contributed by atoms with Gasteiger partial charge >= 0.3 is 0 Å². The number of carbonyl (C=O) groups excluding carboxylic acids is 1. The Morgan fingerprint density at radius 3 is 2.88 bits per heavy atom. The molecule has 0 fully saturated rings. The van der Waals surface area contributed by atoms with Crippen molar-refractivity contribution in [3.05, 3.63) is 52.4 Å². The smallest absolute Gasteiger partial charge is 0.231 e. The summed E-state index contributed by atoms with van der Waals surface area (Å²) in [7, 11) is 0. The van der Waals surface area contributed by atoms with Crippen molar-refractivity contribution in [1.82, 2.24) is 20.2 Å². The Morgan fingerprint density at radius 1 is 1.38 bits per heavy atom. The largest absolute Gasteiger partial charge is 0.467 e. The topological polar surface area (TPSA) is 99.0 Å². The van der Waals surface area contributed by atoms with Gasteiger partial charge in [-0.05, 0) is 37.3 Å². The molecule has 2 heterocycles. The number of benzene rings is 1. The summed E-state index contributed by atoms with van der Waals surface area (Å²) in [6.45, 7) is 1.84. The first-order valence-electron chi connectivity index (χ1n) is 7.57. The highest BCUT2D eigenvalue weighted by Gasteiger charge is 2.17. The maximum atomic E-state index is 12.1. The van der Waals surface area contributed by atoms with E-state index < -0.39 is 0 Å². The van der Waals surface area contributed by atoms with Gasteiger partial charge in [-0.25, -0.2) is 4.68 Å². The van der Waals surface area contributed by atoms with Crippen molar-refractivity contribution in [2.24, 2.45) is 0 Å². The lowest BCUT2D eigenvalue weighted by atomic mass is 10.2. The molecule has 26 heavy (non-hydrogen) atoms. The van der Waals surface area contributed by atoms with Gasteiger partial charge < -0.3 is 15.6 Å². The van der Waals surface area contributed by atoms with E-state index in [0.717, 1.165) is 0 Å². The number of nitrogens with zero attached hydrogens (tertiary/aromatic N) is 3. The predicted molar refractivity (Wildman–Crippen MR) is 102 cm³/mol. The van der Waals surface area contributed by atoms with Crippen molar-refractivity contribution < 1.29 is 9.21 Å². The van der Waals surface area contributed by atoms with Crippen LogP contribution in [-0.4, -0.2) is 26.5 Å². The zero-order chi connectivity index (χ0) is 18.7. The normalized spacial score (nSPS) is 12.1. The minimum Gasteiger partial charge on any atom is -0.467 e. The molecule has 3 N–H and O–H groups in total. The number of nitrogens with two attached hydrogens (primary N) is 1. The highest BCUT2D eigenvalue weighted by molar-refractivity contribution is 7.99. The molecular weight excluding hydrogens is 397 g/mol. The summed E-state index contributed by atoms with van der Waals surface area (Å²) >= 11 is 13.2. The number of thioether (sulfide) groups is 1. The number of aromatic nitrogens is 3. The van der Waals surface area contributed by atoms with Crippen LogP contribution in [0, 0.1) is 0 Å². The molecule has 0 aliphatic carbocycles. The molecule has 0 aliphatic rings. The third-order valence-corrected chi connectivity index (χ3v) is 5.01. The summed E-state index contributed by atoms with van der Waals surface area (Å²) in [5, 5.41) is 12.2. The van der Waals surface area contributed by atoms with Gasteiger partial charge in [0.1, 0.15) is 5.76 Å². The second-order valence-electron chi connectivity index (χ2n) is 5.39. The maximum Gasteiger partial charge on any atom is 0.231 e. The van der Waals surface area contributed by atoms with Crippen molar-refractivity contribution in [1.29, 1.82) is 0 Å². The monoisotopic (exact) mass is 411 g/mol. The summed E-state index contributed by atoms with van der Waals surface area (Å²) in [5.41, 5.74) is 0.605. The Bertz CT molecular complexity index is 914. The number of nitrogens with one attached hydrogen (secondary N) is 1. The highest BCUT2D eigenvalue weighted by atomic mass is 35.5. The Hall–Kier alpha value is -2.16. The van der Waals surface area contributed by atoms with Gasteiger partial charge in [0, 0.05) is 10.6 Å². The van der Waals surface area contributed by atoms with Crippen LogP contribution < -0.4 is 11.2 Å². The lowest BCUT2D eigenvalue weighted by Crippen LogP contribution is -2.28. The van der Waals surface area contributed by atoms with Gasteiger partial charge in [0.15, 0.2) is 5.82 Å². The Labute approximate surface area is 163 Å². The third-order valence-electron chi connectivity index (χ3n) is 3.52. The summed E-state index contributed by atoms with van der Waals surface area (Å²) in [6.07, 6.45) is 1.56. The van der Waals surface area contributed by atoms with E-state index in [4.69, 9.17) is 33.5 Å². The zero-order valence-corrected chi connectivity index (χ0v) is 16.0. The summed E-state index contributed by atoms with van der Waals surface area (Å²) in [4.78, 5) is 12.1. The van der Waals surface area contributed by atoms with E-state index >= 15 is 0 Å². The molecule has 0 saturated heterocycles. The fourth-order valence-corrected chi connectivity index (χ4v) is 3.41. The Balaban J connectivity index is 1.64. The molecule has 3 rings (SSSR count). The molecule has 10 heteroatoms. The van der Waals surface area contributed by atoms with Crippen LogP contribution in [0.5, 0.6) is 0 Å². The lowest BCUT2D eigenvalue weighted by Gasteiger charge is -2.11. The van der Waals surface area contributed by atoms with E-state index in [1.165, 1.54) is 16.4 Å². The molecule has 0 spiro atoms. The van der Waals surface area contributed by atoms with Gasteiger partial charge in [-0.15, -0.1) is 10.2 Å². The van der Waals surface area contributed by atoms with Crippen molar-refractivity contribution in [3.8, 4) is 11.4 Å². The molecule has 1 amide bonds. The molecule has 0 bridgehead atoms. The number of nitrogen functional groups attached to an aromatic ring is 1. The predicted octanol–water partition coefficient (Wildman–Crippen LogP) is 3.53. The van der Waals surface area contributed by atoms with Gasteiger partial charge in [0.25, 0.3) is 0 Å². The number of hydrogen-bond donors (Lipinski definition) is 2. The third kappa shape index (κ3) is 4.14. The fourth-order valence-electron chi connectivity index (χ4n) is 2.25. The maximum absolute atomic E-state index is 12.1. The SMILES string of the molecule is C[C@H](NC(=O)CSc1nnc(-c2ccc(Cl)cc2Cl)n1N)c1ccco1. The van der Waals surface area contributed by atoms with Crippen molar-refractivity contribution in [3.63, 3.8) is 0 Å².